The lowest BCUT2D eigenvalue weighted by molar-refractivity contribution is -0.142. The summed E-state index contributed by atoms with van der Waals surface area (Å²) in [7, 11) is 0. The second-order valence-corrected chi connectivity index (χ2v) is 8.35. The van der Waals surface area contributed by atoms with Crippen LogP contribution in [0, 0.1) is 0 Å². The van der Waals surface area contributed by atoms with Crippen molar-refractivity contribution in [2.75, 3.05) is 13.2 Å². The summed E-state index contributed by atoms with van der Waals surface area (Å²) in [5.41, 5.74) is 5.26. The maximum atomic E-state index is 13.0. The van der Waals surface area contributed by atoms with E-state index in [4.69, 9.17) is 4.74 Å². The Balaban J connectivity index is 1.63. The van der Waals surface area contributed by atoms with Crippen molar-refractivity contribution in [2.45, 2.75) is 44.3 Å². The third-order valence-corrected chi connectivity index (χ3v) is 6.49. The molecule has 3 heterocycles. The number of nitrogens with zero attached hydrogens (tertiary/aromatic N) is 2. The van der Waals surface area contributed by atoms with Gasteiger partial charge in [0, 0.05) is 29.6 Å². The van der Waals surface area contributed by atoms with Gasteiger partial charge in [-0.1, -0.05) is 54.6 Å². The van der Waals surface area contributed by atoms with E-state index in [1.54, 1.807) is 6.08 Å². The topological polar surface area (TPSA) is 34.5 Å². The van der Waals surface area contributed by atoms with Crippen molar-refractivity contribution in [2.24, 2.45) is 0 Å². The van der Waals surface area contributed by atoms with Gasteiger partial charge >= 0.3 is 0 Å². The number of carbonyl (C=O) groups is 1. The predicted molar refractivity (Wildman–Crippen MR) is 119 cm³/mol. The van der Waals surface area contributed by atoms with Gasteiger partial charge in [0.1, 0.15) is 0 Å². The molecule has 1 saturated heterocycles. The van der Waals surface area contributed by atoms with Crippen LogP contribution in [0.1, 0.15) is 42.1 Å². The molecule has 30 heavy (non-hydrogen) atoms. The minimum absolute atomic E-state index is 0.0891. The summed E-state index contributed by atoms with van der Waals surface area (Å²) >= 11 is 0. The molecule has 1 fully saturated rings. The molecule has 5 rings (SSSR count). The third kappa shape index (κ3) is 3.25. The maximum Gasteiger partial charge on any atom is 0.223 e. The monoisotopic (exact) mass is 400 g/mol. The van der Waals surface area contributed by atoms with Gasteiger partial charge in [-0.3, -0.25) is 4.79 Å². The first-order chi connectivity index (χ1) is 14.8. The molecule has 0 saturated carbocycles. The molecule has 2 aromatic carbocycles. The fraction of sp³-hybridized carbons (Fsp3) is 0.346. The van der Waals surface area contributed by atoms with E-state index in [2.05, 4.69) is 70.6 Å². The van der Waals surface area contributed by atoms with Gasteiger partial charge in [0.05, 0.1) is 25.3 Å². The molecule has 0 radical (unpaired) electrons. The highest BCUT2D eigenvalue weighted by Gasteiger charge is 2.42. The van der Waals surface area contributed by atoms with Crippen LogP contribution in [0.25, 0.3) is 10.9 Å². The number of fused-ring (bicyclic) bond motifs is 5. The van der Waals surface area contributed by atoms with Gasteiger partial charge in [0.2, 0.25) is 5.91 Å². The van der Waals surface area contributed by atoms with E-state index in [0.717, 1.165) is 25.8 Å². The second kappa shape index (κ2) is 8.11. The number of piperidine rings is 1. The highest BCUT2D eigenvalue weighted by atomic mass is 16.5. The number of carbonyl (C=O) groups excluding carboxylic acids is 1. The summed E-state index contributed by atoms with van der Waals surface area (Å²) in [6.07, 6.45) is 5.23. The fourth-order valence-corrected chi connectivity index (χ4v) is 5.30. The average Bonchev–Trinajstić information content (AvgIpc) is 3.08. The summed E-state index contributed by atoms with van der Waals surface area (Å²) in [6.45, 7) is 5.66. The third-order valence-electron chi connectivity index (χ3n) is 6.49. The standard InChI is InChI=1S/C26H28N2O2/c1-2-15-30-18-20-16-22-21-11-6-7-12-23(21)27(17-19-9-4-3-5-10-19)26(22)24-13-8-14-25(29)28(20)24/h2-7,9-12,20,24H,1,8,13-18H2/t20-,24+/m0/s1. The van der Waals surface area contributed by atoms with Crippen LogP contribution in [0.4, 0.5) is 0 Å². The molecule has 1 amide bonds. The number of amides is 1. The fourth-order valence-electron chi connectivity index (χ4n) is 5.30. The molecule has 4 nitrogen and oxygen atoms in total. The van der Waals surface area contributed by atoms with Gasteiger partial charge in [-0.15, -0.1) is 6.58 Å². The van der Waals surface area contributed by atoms with Crippen LogP contribution >= 0.6 is 0 Å². The van der Waals surface area contributed by atoms with Crippen molar-refractivity contribution in [3.05, 3.63) is 84.1 Å². The molecular weight excluding hydrogens is 372 g/mol. The van der Waals surface area contributed by atoms with Crippen molar-refractivity contribution in [3.63, 3.8) is 0 Å². The summed E-state index contributed by atoms with van der Waals surface area (Å²) < 4.78 is 8.29. The van der Waals surface area contributed by atoms with Crippen molar-refractivity contribution in [1.29, 1.82) is 0 Å². The quantitative estimate of drug-likeness (QED) is 0.437. The lowest BCUT2D eigenvalue weighted by Crippen LogP contribution is -2.51. The van der Waals surface area contributed by atoms with Gasteiger partial charge in [-0.25, -0.2) is 0 Å². The van der Waals surface area contributed by atoms with E-state index in [9.17, 15) is 4.79 Å². The minimum atomic E-state index is 0.0891. The Bertz CT molecular complexity index is 1070. The Labute approximate surface area is 177 Å². The van der Waals surface area contributed by atoms with Gasteiger partial charge in [-0.2, -0.15) is 0 Å². The Morgan fingerprint density at radius 2 is 1.90 bits per heavy atom. The molecule has 4 heteroatoms. The Hall–Kier alpha value is -2.85. The summed E-state index contributed by atoms with van der Waals surface area (Å²) in [6, 6.07) is 19.5. The molecular formula is C26H28N2O2. The SMILES string of the molecule is C=CCOC[C@@H]1Cc2c(n(Cc3ccccc3)c3ccccc23)[C@H]2CCCC(=O)N12. The van der Waals surface area contributed by atoms with E-state index in [1.165, 1.54) is 27.7 Å². The zero-order valence-corrected chi connectivity index (χ0v) is 17.3. The summed E-state index contributed by atoms with van der Waals surface area (Å²) in [4.78, 5) is 15.1. The largest absolute Gasteiger partial charge is 0.375 e. The Kier molecular flexibility index (Phi) is 5.17. The number of benzene rings is 2. The molecule has 0 bridgehead atoms. The molecule has 154 valence electrons. The second-order valence-electron chi connectivity index (χ2n) is 8.35. The van der Waals surface area contributed by atoms with E-state index in [-0.39, 0.29) is 18.0 Å². The predicted octanol–water partition coefficient (Wildman–Crippen LogP) is 4.87. The molecule has 2 atom stereocenters. The lowest BCUT2D eigenvalue weighted by atomic mass is 9.86. The van der Waals surface area contributed by atoms with Crippen molar-refractivity contribution < 1.29 is 9.53 Å². The number of ether oxygens (including phenoxy) is 1. The van der Waals surface area contributed by atoms with E-state index < -0.39 is 0 Å². The van der Waals surface area contributed by atoms with E-state index >= 15 is 0 Å². The first kappa shape index (κ1) is 19.1. The van der Waals surface area contributed by atoms with Crippen LogP contribution in [0.15, 0.2) is 67.3 Å². The number of para-hydroxylation sites is 1. The van der Waals surface area contributed by atoms with Gasteiger partial charge in [0.25, 0.3) is 0 Å². The summed E-state index contributed by atoms with van der Waals surface area (Å²) in [5.74, 6) is 0.264. The number of hydrogen-bond donors (Lipinski definition) is 0. The van der Waals surface area contributed by atoms with Gasteiger partial charge < -0.3 is 14.2 Å². The summed E-state index contributed by atoms with van der Waals surface area (Å²) in [5, 5.41) is 1.31. The first-order valence-electron chi connectivity index (χ1n) is 10.9. The van der Waals surface area contributed by atoms with E-state index in [0.29, 0.717) is 19.6 Å². The van der Waals surface area contributed by atoms with Crippen LogP contribution in [0.5, 0.6) is 0 Å². The molecule has 1 aromatic heterocycles. The van der Waals surface area contributed by atoms with Gasteiger partial charge in [0.15, 0.2) is 0 Å². The normalized spacial score (nSPS) is 20.8. The van der Waals surface area contributed by atoms with Crippen molar-refractivity contribution in [1.82, 2.24) is 9.47 Å². The number of hydrogen-bond acceptors (Lipinski definition) is 2. The van der Waals surface area contributed by atoms with Crippen LogP contribution in [-0.4, -0.2) is 34.6 Å². The molecule has 0 N–H and O–H groups in total. The van der Waals surface area contributed by atoms with Crippen molar-refractivity contribution in [3.8, 4) is 0 Å². The lowest BCUT2D eigenvalue weighted by Gasteiger charge is -2.45. The molecule has 3 aromatic rings. The average molecular weight is 401 g/mol. The van der Waals surface area contributed by atoms with Crippen LogP contribution in [0.3, 0.4) is 0 Å². The smallest absolute Gasteiger partial charge is 0.223 e. The van der Waals surface area contributed by atoms with Crippen molar-refractivity contribution >= 4 is 16.8 Å². The molecule has 0 aliphatic carbocycles. The molecule has 2 aliphatic rings. The Morgan fingerprint density at radius 1 is 1.10 bits per heavy atom. The molecule has 2 aliphatic heterocycles. The zero-order valence-electron chi connectivity index (χ0n) is 17.3. The van der Waals surface area contributed by atoms with E-state index in [1.807, 2.05) is 0 Å². The van der Waals surface area contributed by atoms with Gasteiger partial charge in [-0.05, 0) is 36.5 Å². The number of rotatable bonds is 6. The number of aromatic nitrogens is 1. The highest BCUT2D eigenvalue weighted by Crippen LogP contribution is 2.44. The zero-order chi connectivity index (χ0) is 20.5. The van der Waals surface area contributed by atoms with Crippen LogP contribution < -0.4 is 0 Å². The van der Waals surface area contributed by atoms with Crippen LogP contribution in [0.2, 0.25) is 0 Å². The molecule has 0 spiro atoms. The highest BCUT2D eigenvalue weighted by molar-refractivity contribution is 5.87. The first-order valence-corrected chi connectivity index (χ1v) is 10.9. The maximum absolute atomic E-state index is 13.0. The van der Waals surface area contributed by atoms with Crippen LogP contribution in [-0.2, 0) is 22.5 Å². The molecule has 0 unspecified atom stereocenters. The Morgan fingerprint density at radius 3 is 2.73 bits per heavy atom. The minimum Gasteiger partial charge on any atom is -0.375 e.